The van der Waals surface area contributed by atoms with Crippen molar-refractivity contribution in [3.63, 3.8) is 0 Å². The summed E-state index contributed by atoms with van der Waals surface area (Å²) in [5, 5.41) is 9.23. The molecule has 0 amide bonds. The molecular formula is C10H13N5S2. The SMILES string of the molecule is CN(Cc1cscn1)c1n[nH]c(=S)n1C1CC1. The van der Waals surface area contributed by atoms with Crippen LogP contribution in [0.4, 0.5) is 5.95 Å². The van der Waals surface area contributed by atoms with E-state index in [9.17, 15) is 0 Å². The maximum absolute atomic E-state index is 5.26. The molecule has 2 aromatic rings. The van der Waals surface area contributed by atoms with E-state index in [1.54, 1.807) is 11.3 Å². The van der Waals surface area contributed by atoms with Gasteiger partial charge in [0.15, 0.2) is 4.77 Å². The third kappa shape index (κ3) is 2.12. The molecule has 0 bridgehead atoms. The number of rotatable bonds is 4. The normalized spacial score (nSPS) is 15.1. The zero-order valence-corrected chi connectivity index (χ0v) is 11.1. The average Bonchev–Trinajstić information content (AvgIpc) is 2.86. The molecule has 3 rings (SSSR count). The first-order valence-corrected chi connectivity index (χ1v) is 6.86. The Morgan fingerprint density at radius 1 is 1.65 bits per heavy atom. The number of thiazole rings is 1. The third-order valence-corrected chi connectivity index (χ3v) is 3.75. The van der Waals surface area contributed by atoms with Crippen LogP contribution >= 0.6 is 23.6 Å². The van der Waals surface area contributed by atoms with E-state index in [0.29, 0.717) is 10.8 Å². The summed E-state index contributed by atoms with van der Waals surface area (Å²) in [5.74, 6) is 0.908. The molecule has 1 saturated carbocycles. The molecule has 2 aromatic heterocycles. The number of nitrogens with one attached hydrogen (secondary N) is 1. The molecule has 1 fully saturated rings. The molecule has 0 atom stereocenters. The zero-order valence-electron chi connectivity index (χ0n) is 9.46. The van der Waals surface area contributed by atoms with E-state index in [4.69, 9.17) is 12.2 Å². The molecule has 7 heteroatoms. The predicted octanol–water partition coefficient (Wildman–Crippen LogP) is 2.37. The lowest BCUT2D eigenvalue weighted by molar-refractivity contribution is 0.698. The molecule has 1 aliphatic carbocycles. The lowest BCUT2D eigenvalue weighted by Crippen LogP contribution is -2.21. The van der Waals surface area contributed by atoms with Gasteiger partial charge in [-0.2, -0.15) is 0 Å². The molecule has 0 saturated heterocycles. The second-order valence-corrected chi connectivity index (χ2v) is 5.37. The zero-order chi connectivity index (χ0) is 11.8. The van der Waals surface area contributed by atoms with Crippen molar-refractivity contribution in [3.8, 4) is 0 Å². The topological polar surface area (TPSA) is 49.7 Å². The van der Waals surface area contributed by atoms with Crippen LogP contribution in [0.25, 0.3) is 0 Å². The van der Waals surface area contributed by atoms with E-state index >= 15 is 0 Å². The maximum atomic E-state index is 5.26. The molecular weight excluding hydrogens is 254 g/mol. The van der Waals surface area contributed by atoms with E-state index in [-0.39, 0.29) is 0 Å². The summed E-state index contributed by atoms with van der Waals surface area (Å²) in [6.45, 7) is 0.760. The summed E-state index contributed by atoms with van der Waals surface area (Å²) < 4.78 is 2.83. The van der Waals surface area contributed by atoms with Crippen molar-refractivity contribution < 1.29 is 0 Å². The fourth-order valence-electron chi connectivity index (χ4n) is 1.86. The number of nitrogens with zero attached hydrogens (tertiary/aromatic N) is 4. The minimum atomic E-state index is 0.536. The Bertz CT molecular complexity index is 552. The van der Waals surface area contributed by atoms with Crippen molar-refractivity contribution in [3.05, 3.63) is 21.4 Å². The summed E-state index contributed by atoms with van der Waals surface area (Å²) in [5.41, 5.74) is 2.91. The first-order chi connectivity index (χ1) is 8.25. The molecule has 5 nitrogen and oxygen atoms in total. The van der Waals surface area contributed by atoms with Gasteiger partial charge >= 0.3 is 0 Å². The fraction of sp³-hybridized carbons (Fsp3) is 0.500. The van der Waals surface area contributed by atoms with E-state index < -0.39 is 0 Å². The van der Waals surface area contributed by atoms with Crippen LogP contribution in [0.3, 0.4) is 0 Å². The number of aromatic nitrogens is 4. The van der Waals surface area contributed by atoms with Crippen LogP contribution in [0.15, 0.2) is 10.9 Å². The van der Waals surface area contributed by atoms with Crippen molar-refractivity contribution in [2.75, 3.05) is 11.9 Å². The van der Waals surface area contributed by atoms with Gasteiger partial charge in [0.2, 0.25) is 5.95 Å². The van der Waals surface area contributed by atoms with Crippen molar-refractivity contribution in [2.24, 2.45) is 0 Å². The molecule has 2 heterocycles. The fourth-order valence-corrected chi connectivity index (χ4v) is 2.68. The summed E-state index contributed by atoms with van der Waals surface area (Å²) in [6.07, 6.45) is 2.40. The second-order valence-electron chi connectivity index (χ2n) is 4.27. The number of hydrogen-bond acceptors (Lipinski definition) is 5. The first-order valence-electron chi connectivity index (χ1n) is 5.51. The Hall–Kier alpha value is -1.21. The highest BCUT2D eigenvalue weighted by atomic mass is 32.1. The van der Waals surface area contributed by atoms with Gasteiger partial charge in [-0.3, -0.25) is 4.57 Å². The van der Waals surface area contributed by atoms with Crippen LogP contribution in [0.2, 0.25) is 0 Å². The van der Waals surface area contributed by atoms with E-state index in [1.807, 2.05) is 12.6 Å². The van der Waals surface area contributed by atoms with E-state index in [0.717, 1.165) is 18.2 Å². The summed E-state index contributed by atoms with van der Waals surface area (Å²) in [4.78, 5) is 6.37. The smallest absolute Gasteiger partial charge is 0.226 e. The Morgan fingerprint density at radius 3 is 3.12 bits per heavy atom. The number of aromatic amines is 1. The quantitative estimate of drug-likeness (QED) is 0.864. The Labute approximate surface area is 108 Å². The molecule has 0 spiro atoms. The van der Waals surface area contributed by atoms with Gasteiger partial charge in [0.05, 0.1) is 17.7 Å². The van der Waals surface area contributed by atoms with Gasteiger partial charge in [0.1, 0.15) is 0 Å². The number of H-pyrrole nitrogens is 1. The van der Waals surface area contributed by atoms with E-state index in [1.165, 1.54) is 12.8 Å². The predicted molar refractivity (Wildman–Crippen MR) is 69.9 cm³/mol. The van der Waals surface area contributed by atoms with Crippen molar-refractivity contribution >= 4 is 29.5 Å². The van der Waals surface area contributed by atoms with Gasteiger partial charge in [-0.1, -0.05) is 0 Å². The van der Waals surface area contributed by atoms with Gasteiger partial charge in [0.25, 0.3) is 0 Å². The third-order valence-electron chi connectivity index (χ3n) is 2.82. The van der Waals surface area contributed by atoms with Crippen LogP contribution < -0.4 is 4.90 Å². The highest BCUT2D eigenvalue weighted by Crippen LogP contribution is 2.37. The first kappa shape index (κ1) is 10.9. The van der Waals surface area contributed by atoms with Gasteiger partial charge in [0, 0.05) is 18.5 Å². The van der Waals surface area contributed by atoms with Crippen LogP contribution in [-0.4, -0.2) is 26.8 Å². The molecule has 17 heavy (non-hydrogen) atoms. The highest BCUT2D eigenvalue weighted by molar-refractivity contribution is 7.71. The second kappa shape index (κ2) is 4.23. The van der Waals surface area contributed by atoms with Gasteiger partial charge in [-0.05, 0) is 25.1 Å². The molecule has 90 valence electrons. The molecule has 0 unspecified atom stereocenters. The van der Waals surface area contributed by atoms with Crippen molar-refractivity contribution in [2.45, 2.75) is 25.4 Å². The highest BCUT2D eigenvalue weighted by Gasteiger charge is 2.28. The van der Waals surface area contributed by atoms with E-state index in [2.05, 4.69) is 30.0 Å². The van der Waals surface area contributed by atoms with Crippen LogP contribution in [0.1, 0.15) is 24.6 Å². The molecule has 1 N–H and O–H groups in total. The lowest BCUT2D eigenvalue weighted by atomic mass is 10.4. The van der Waals surface area contributed by atoms with Crippen molar-refractivity contribution in [1.82, 2.24) is 19.7 Å². The Balaban J connectivity index is 1.86. The molecule has 0 radical (unpaired) electrons. The average molecular weight is 267 g/mol. The Morgan fingerprint density at radius 2 is 2.47 bits per heavy atom. The largest absolute Gasteiger partial charge is 0.338 e. The van der Waals surface area contributed by atoms with Crippen LogP contribution in [0.5, 0.6) is 0 Å². The van der Waals surface area contributed by atoms with Crippen molar-refractivity contribution in [1.29, 1.82) is 0 Å². The van der Waals surface area contributed by atoms with Gasteiger partial charge < -0.3 is 4.90 Å². The van der Waals surface area contributed by atoms with Crippen LogP contribution in [-0.2, 0) is 6.54 Å². The minimum Gasteiger partial charge on any atom is -0.338 e. The maximum Gasteiger partial charge on any atom is 0.226 e. The summed E-state index contributed by atoms with van der Waals surface area (Å²) in [7, 11) is 2.02. The lowest BCUT2D eigenvalue weighted by Gasteiger charge is -2.17. The summed E-state index contributed by atoms with van der Waals surface area (Å²) >= 11 is 6.87. The number of anilines is 1. The molecule has 0 aliphatic heterocycles. The number of hydrogen-bond donors (Lipinski definition) is 1. The van der Waals surface area contributed by atoms with Gasteiger partial charge in [-0.25, -0.2) is 10.1 Å². The van der Waals surface area contributed by atoms with Gasteiger partial charge in [-0.15, -0.1) is 16.4 Å². The monoisotopic (exact) mass is 267 g/mol. The molecule has 0 aromatic carbocycles. The Kier molecular flexibility index (Phi) is 2.71. The minimum absolute atomic E-state index is 0.536. The standard InChI is InChI=1S/C10H13N5S2/c1-14(4-7-5-17-6-11-7)9-12-13-10(16)15(9)8-2-3-8/h5-6,8H,2-4H2,1H3,(H,13,16). The molecule has 1 aliphatic rings. The summed E-state index contributed by atoms with van der Waals surface area (Å²) in [6, 6.07) is 0.536. The van der Waals surface area contributed by atoms with Crippen LogP contribution in [0, 0.1) is 4.77 Å².